The van der Waals surface area contributed by atoms with Gasteiger partial charge < -0.3 is 14.4 Å². The van der Waals surface area contributed by atoms with E-state index in [4.69, 9.17) is 9.47 Å². The Morgan fingerprint density at radius 2 is 2.10 bits per heavy atom. The van der Waals surface area contributed by atoms with Gasteiger partial charge in [0.1, 0.15) is 0 Å². The van der Waals surface area contributed by atoms with Gasteiger partial charge in [-0.2, -0.15) is 0 Å². The molecule has 0 spiro atoms. The molecule has 0 aliphatic carbocycles. The number of benzene rings is 1. The Morgan fingerprint density at radius 3 is 2.73 bits per heavy atom. The minimum absolute atomic E-state index is 0.00803. The van der Waals surface area contributed by atoms with Gasteiger partial charge in [0.15, 0.2) is 5.16 Å². The highest BCUT2D eigenvalue weighted by molar-refractivity contribution is 7.99. The Labute approximate surface area is 179 Å². The van der Waals surface area contributed by atoms with E-state index < -0.39 is 5.97 Å². The molecule has 9 heteroatoms. The predicted octanol–water partition coefficient (Wildman–Crippen LogP) is 2.32. The second-order valence-corrected chi connectivity index (χ2v) is 7.97. The predicted molar refractivity (Wildman–Crippen MR) is 115 cm³/mol. The molecule has 0 N–H and O–H groups in total. The van der Waals surface area contributed by atoms with E-state index in [1.54, 1.807) is 27.7 Å². The zero-order valence-electron chi connectivity index (χ0n) is 17.6. The largest absolute Gasteiger partial charge is 0.465 e. The Kier molecular flexibility index (Phi) is 7.49. The van der Waals surface area contributed by atoms with Crippen molar-refractivity contribution in [3.63, 3.8) is 0 Å². The van der Waals surface area contributed by atoms with Gasteiger partial charge in [0.25, 0.3) is 5.56 Å². The summed E-state index contributed by atoms with van der Waals surface area (Å²) in [6, 6.07) is 4.71. The summed E-state index contributed by atoms with van der Waals surface area (Å²) in [5.41, 5.74) is 0.526. The van der Waals surface area contributed by atoms with Gasteiger partial charge in [-0.1, -0.05) is 11.8 Å². The van der Waals surface area contributed by atoms with Gasteiger partial charge in [0.2, 0.25) is 5.91 Å². The number of nitrogens with zero attached hydrogens (tertiary/aromatic N) is 3. The SMILES string of the molecule is CCN(CC)C(=O)CSc1nc2cc(C(=O)OC)ccc2c(=O)n1CC1CCCO1. The standard InChI is InChI=1S/C21H27N3O5S/c1-4-23(5-2)18(25)13-30-21-22-17-11-14(20(27)28-3)8-9-16(17)19(26)24(21)12-15-7-6-10-29-15/h8-9,11,15H,4-7,10,12-13H2,1-3H3. The summed E-state index contributed by atoms with van der Waals surface area (Å²) in [6.45, 7) is 6.21. The first-order valence-corrected chi connectivity index (χ1v) is 11.1. The lowest BCUT2D eigenvalue weighted by molar-refractivity contribution is -0.127. The molecular weight excluding hydrogens is 406 g/mol. The summed E-state index contributed by atoms with van der Waals surface area (Å²) in [6.07, 6.45) is 1.80. The van der Waals surface area contributed by atoms with Crippen LogP contribution >= 0.6 is 11.8 Å². The summed E-state index contributed by atoms with van der Waals surface area (Å²) in [4.78, 5) is 43.9. The third-order valence-electron chi connectivity index (χ3n) is 5.19. The number of carbonyl (C=O) groups is 2. The van der Waals surface area contributed by atoms with Crippen molar-refractivity contribution in [2.75, 3.05) is 32.6 Å². The number of hydrogen-bond acceptors (Lipinski definition) is 7. The van der Waals surface area contributed by atoms with Crippen LogP contribution in [0.5, 0.6) is 0 Å². The molecule has 3 rings (SSSR count). The monoisotopic (exact) mass is 433 g/mol. The topological polar surface area (TPSA) is 90.7 Å². The molecule has 162 valence electrons. The maximum atomic E-state index is 13.2. The van der Waals surface area contributed by atoms with Gasteiger partial charge in [0, 0.05) is 19.7 Å². The molecule has 1 fully saturated rings. The molecule has 0 radical (unpaired) electrons. The van der Waals surface area contributed by atoms with E-state index in [9.17, 15) is 14.4 Å². The highest BCUT2D eigenvalue weighted by atomic mass is 32.2. The molecule has 8 nitrogen and oxygen atoms in total. The molecule has 2 aromatic rings. The minimum Gasteiger partial charge on any atom is -0.465 e. The van der Waals surface area contributed by atoms with E-state index in [1.807, 2.05) is 13.8 Å². The Hall–Kier alpha value is -2.39. The Bertz CT molecular complexity index is 981. The molecule has 0 bridgehead atoms. The second-order valence-electron chi connectivity index (χ2n) is 7.02. The van der Waals surface area contributed by atoms with E-state index in [0.29, 0.717) is 47.9 Å². The van der Waals surface area contributed by atoms with Crippen LogP contribution in [0, 0.1) is 0 Å². The Morgan fingerprint density at radius 1 is 1.33 bits per heavy atom. The molecule has 1 aromatic heterocycles. The molecule has 1 aliphatic rings. The number of rotatable bonds is 8. The number of fused-ring (bicyclic) bond motifs is 1. The van der Waals surface area contributed by atoms with Gasteiger partial charge in [0.05, 0.1) is 42.0 Å². The van der Waals surface area contributed by atoms with Crippen LogP contribution in [0.15, 0.2) is 28.2 Å². The van der Waals surface area contributed by atoms with E-state index in [1.165, 1.54) is 18.9 Å². The molecule has 1 unspecified atom stereocenters. The van der Waals surface area contributed by atoms with Crippen LogP contribution in [0.3, 0.4) is 0 Å². The van der Waals surface area contributed by atoms with E-state index >= 15 is 0 Å². The fourth-order valence-corrected chi connectivity index (χ4v) is 4.41. The van der Waals surface area contributed by atoms with E-state index in [-0.39, 0.29) is 23.3 Å². The fraction of sp³-hybridized carbons (Fsp3) is 0.524. The average molecular weight is 434 g/mol. The van der Waals surface area contributed by atoms with Crippen LogP contribution in [0.4, 0.5) is 0 Å². The first kappa shape index (κ1) is 22.3. The third kappa shape index (κ3) is 4.84. The maximum absolute atomic E-state index is 13.2. The average Bonchev–Trinajstić information content (AvgIpc) is 3.27. The van der Waals surface area contributed by atoms with Crippen molar-refractivity contribution in [1.82, 2.24) is 14.5 Å². The molecular formula is C21H27N3O5S. The summed E-state index contributed by atoms with van der Waals surface area (Å²) in [7, 11) is 1.31. The van der Waals surface area contributed by atoms with E-state index in [2.05, 4.69) is 4.98 Å². The number of esters is 1. The smallest absolute Gasteiger partial charge is 0.337 e. The van der Waals surface area contributed by atoms with Crippen molar-refractivity contribution in [2.24, 2.45) is 0 Å². The summed E-state index contributed by atoms with van der Waals surface area (Å²) in [5, 5.41) is 0.866. The number of aromatic nitrogens is 2. The van der Waals surface area contributed by atoms with Crippen LogP contribution in [0.1, 0.15) is 37.0 Å². The number of ether oxygens (including phenoxy) is 2. The first-order chi connectivity index (χ1) is 14.5. The second kappa shape index (κ2) is 10.1. The minimum atomic E-state index is -0.492. The molecule has 1 aliphatic heterocycles. The van der Waals surface area contributed by atoms with Crippen LogP contribution in [-0.4, -0.2) is 65.0 Å². The zero-order valence-corrected chi connectivity index (χ0v) is 18.4. The van der Waals surface area contributed by atoms with Gasteiger partial charge in [-0.15, -0.1) is 0 Å². The normalized spacial score (nSPS) is 16.0. The van der Waals surface area contributed by atoms with Crippen LogP contribution in [0.2, 0.25) is 0 Å². The number of hydrogen-bond donors (Lipinski definition) is 0. The zero-order chi connectivity index (χ0) is 21.7. The summed E-state index contributed by atoms with van der Waals surface area (Å²) < 4.78 is 12.1. The molecule has 1 saturated heterocycles. The molecule has 0 saturated carbocycles. The maximum Gasteiger partial charge on any atom is 0.337 e. The molecule has 1 atom stereocenters. The molecule has 1 amide bonds. The molecule has 1 aromatic carbocycles. The Balaban J connectivity index is 1.99. The highest BCUT2D eigenvalue weighted by Gasteiger charge is 2.22. The third-order valence-corrected chi connectivity index (χ3v) is 6.15. The first-order valence-electron chi connectivity index (χ1n) is 10.1. The van der Waals surface area contributed by atoms with Gasteiger partial charge in [-0.25, -0.2) is 9.78 Å². The number of methoxy groups -OCH3 is 1. The lowest BCUT2D eigenvalue weighted by Crippen LogP contribution is -2.33. The summed E-state index contributed by atoms with van der Waals surface area (Å²) in [5.74, 6) is -0.318. The number of thioether (sulfide) groups is 1. The van der Waals surface area contributed by atoms with Crippen LogP contribution < -0.4 is 5.56 Å². The van der Waals surface area contributed by atoms with Crippen molar-refractivity contribution < 1.29 is 19.1 Å². The van der Waals surface area contributed by atoms with Gasteiger partial charge in [-0.3, -0.25) is 14.2 Å². The quantitative estimate of drug-likeness (QED) is 0.358. The highest BCUT2D eigenvalue weighted by Crippen LogP contribution is 2.22. The van der Waals surface area contributed by atoms with Gasteiger partial charge in [-0.05, 0) is 44.9 Å². The number of carbonyl (C=O) groups excluding carboxylic acids is 2. The molecule has 30 heavy (non-hydrogen) atoms. The van der Waals surface area contributed by atoms with Crippen LogP contribution in [-0.2, 0) is 20.8 Å². The van der Waals surface area contributed by atoms with Crippen molar-refractivity contribution in [2.45, 2.75) is 44.5 Å². The van der Waals surface area contributed by atoms with Crippen molar-refractivity contribution in [3.8, 4) is 0 Å². The van der Waals surface area contributed by atoms with Crippen molar-refractivity contribution in [3.05, 3.63) is 34.1 Å². The number of amides is 1. The fourth-order valence-electron chi connectivity index (χ4n) is 3.50. The molecule has 2 heterocycles. The van der Waals surface area contributed by atoms with Crippen molar-refractivity contribution in [1.29, 1.82) is 0 Å². The lowest BCUT2D eigenvalue weighted by Gasteiger charge is -2.19. The van der Waals surface area contributed by atoms with Crippen molar-refractivity contribution >= 4 is 34.5 Å². The van der Waals surface area contributed by atoms with Gasteiger partial charge >= 0.3 is 5.97 Å². The van der Waals surface area contributed by atoms with Crippen LogP contribution in [0.25, 0.3) is 10.9 Å². The lowest BCUT2D eigenvalue weighted by atomic mass is 10.1. The summed E-state index contributed by atoms with van der Waals surface area (Å²) >= 11 is 1.24. The van der Waals surface area contributed by atoms with E-state index in [0.717, 1.165) is 12.8 Å².